The van der Waals surface area contributed by atoms with Crippen molar-refractivity contribution in [2.75, 3.05) is 42.0 Å². The zero-order valence-electron chi connectivity index (χ0n) is 9.68. The lowest BCUT2D eigenvalue weighted by Crippen LogP contribution is -2.23. The number of ether oxygens (including phenoxy) is 1. The number of aromatic nitrogens is 2. The lowest BCUT2D eigenvalue weighted by Gasteiger charge is -2.21. The van der Waals surface area contributed by atoms with Crippen LogP contribution in [0, 0.1) is 0 Å². The Hall–Kier alpha value is -0.820. The number of hydrogen-bond donors (Lipinski definition) is 2. The number of thioether (sulfide) groups is 2. The van der Waals surface area contributed by atoms with Gasteiger partial charge in [-0.05, 0) is 0 Å². The van der Waals surface area contributed by atoms with Crippen molar-refractivity contribution in [1.82, 2.24) is 9.97 Å². The first-order valence-corrected chi connectivity index (χ1v) is 7.60. The van der Waals surface area contributed by atoms with Crippen LogP contribution in [-0.2, 0) is 0 Å². The summed E-state index contributed by atoms with van der Waals surface area (Å²) in [5.41, 5.74) is 5.59. The van der Waals surface area contributed by atoms with E-state index in [1.165, 1.54) is 17.3 Å². The summed E-state index contributed by atoms with van der Waals surface area (Å²) in [5.74, 6) is 5.13. The van der Waals surface area contributed by atoms with Crippen LogP contribution in [-0.4, -0.2) is 46.1 Å². The molecule has 1 unspecified atom stereocenters. The van der Waals surface area contributed by atoms with E-state index in [0.717, 1.165) is 12.4 Å². The van der Waals surface area contributed by atoms with Crippen molar-refractivity contribution in [3.05, 3.63) is 6.07 Å². The average Bonchev–Trinajstić information content (AvgIpc) is 2.37. The second-order valence-electron chi connectivity index (χ2n) is 3.60. The highest BCUT2D eigenvalue weighted by Crippen LogP contribution is 2.24. The van der Waals surface area contributed by atoms with Crippen LogP contribution in [0.1, 0.15) is 0 Å². The van der Waals surface area contributed by atoms with E-state index in [9.17, 15) is 0 Å². The van der Waals surface area contributed by atoms with Crippen LogP contribution in [0.15, 0.2) is 6.07 Å². The molecule has 2 rings (SSSR count). The molecule has 7 heteroatoms. The number of nitrogens with one attached hydrogen (secondary N) is 1. The molecule has 17 heavy (non-hydrogen) atoms. The summed E-state index contributed by atoms with van der Waals surface area (Å²) in [6.45, 7) is 0.900. The lowest BCUT2D eigenvalue weighted by atomic mass is 10.4. The molecule has 0 radical (unpaired) electrons. The van der Waals surface area contributed by atoms with Gasteiger partial charge in [0.05, 0.1) is 7.11 Å². The van der Waals surface area contributed by atoms with Crippen molar-refractivity contribution >= 4 is 35.3 Å². The van der Waals surface area contributed by atoms with Gasteiger partial charge in [0, 0.05) is 35.1 Å². The first-order chi connectivity index (χ1) is 8.28. The van der Waals surface area contributed by atoms with E-state index in [-0.39, 0.29) is 5.95 Å². The molecule has 2 heterocycles. The molecule has 1 aliphatic heterocycles. The number of nitrogens with two attached hydrogens (primary N) is 1. The molecule has 0 aliphatic carbocycles. The molecule has 3 N–H and O–H groups in total. The Morgan fingerprint density at radius 3 is 3.12 bits per heavy atom. The maximum absolute atomic E-state index is 5.59. The summed E-state index contributed by atoms with van der Waals surface area (Å²) in [7, 11) is 1.57. The maximum Gasteiger partial charge on any atom is 0.225 e. The van der Waals surface area contributed by atoms with E-state index in [1.54, 1.807) is 13.2 Å². The van der Waals surface area contributed by atoms with Gasteiger partial charge in [-0.3, -0.25) is 0 Å². The standard InChI is InChI=1S/C10H16N4OS2/c1-15-9-4-8(13-10(11)14-9)12-5-7-6-16-2-3-17-7/h4,7H,2-3,5-6H2,1H3,(H3,11,12,13,14). The summed E-state index contributed by atoms with van der Waals surface area (Å²) in [6.07, 6.45) is 0. The molecule has 0 aromatic carbocycles. The van der Waals surface area contributed by atoms with Gasteiger partial charge < -0.3 is 15.8 Å². The van der Waals surface area contributed by atoms with Crippen LogP contribution in [0.5, 0.6) is 5.88 Å². The monoisotopic (exact) mass is 272 g/mol. The number of hydrogen-bond acceptors (Lipinski definition) is 7. The molecule has 5 nitrogen and oxygen atoms in total. The summed E-state index contributed by atoms with van der Waals surface area (Å²) in [6, 6.07) is 1.76. The number of methoxy groups -OCH3 is 1. The Balaban J connectivity index is 1.91. The van der Waals surface area contributed by atoms with E-state index in [4.69, 9.17) is 10.5 Å². The van der Waals surface area contributed by atoms with Crippen LogP contribution in [0.25, 0.3) is 0 Å². The number of rotatable bonds is 4. The van der Waals surface area contributed by atoms with E-state index in [1.807, 2.05) is 23.5 Å². The first-order valence-electron chi connectivity index (χ1n) is 5.39. The minimum Gasteiger partial charge on any atom is -0.481 e. The Labute approximate surface area is 109 Å². The molecule has 94 valence electrons. The fourth-order valence-corrected chi connectivity index (χ4v) is 4.12. The Kier molecular flexibility index (Phi) is 4.61. The smallest absolute Gasteiger partial charge is 0.225 e. The van der Waals surface area contributed by atoms with Gasteiger partial charge in [0.1, 0.15) is 5.82 Å². The van der Waals surface area contributed by atoms with E-state index in [0.29, 0.717) is 11.1 Å². The normalized spacial score (nSPS) is 19.9. The number of nitrogens with zero attached hydrogens (tertiary/aromatic N) is 2. The molecule has 1 saturated heterocycles. The van der Waals surface area contributed by atoms with Gasteiger partial charge in [-0.2, -0.15) is 33.5 Å². The third kappa shape index (κ3) is 3.85. The molecule has 0 spiro atoms. The van der Waals surface area contributed by atoms with Crippen molar-refractivity contribution < 1.29 is 4.74 Å². The minimum atomic E-state index is 0.234. The predicted molar refractivity (Wildman–Crippen MR) is 75.1 cm³/mol. The third-order valence-corrected chi connectivity index (χ3v) is 5.17. The van der Waals surface area contributed by atoms with E-state index >= 15 is 0 Å². The van der Waals surface area contributed by atoms with Crippen molar-refractivity contribution in [3.63, 3.8) is 0 Å². The molecule has 1 aromatic rings. The Bertz CT molecular complexity index is 371. The predicted octanol–water partition coefficient (Wildman–Crippen LogP) is 1.33. The second kappa shape index (κ2) is 6.20. The number of anilines is 2. The van der Waals surface area contributed by atoms with Crippen LogP contribution in [0.2, 0.25) is 0 Å². The lowest BCUT2D eigenvalue weighted by molar-refractivity contribution is 0.398. The quantitative estimate of drug-likeness (QED) is 0.856. The molecule has 0 amide bonds. The fourth-order valence-electron chi connectivity index (χ4n) is 1.51. The Morgan fingerprint density at radius 2 is 2.41 bits per heavy atom. The van der Waals surface area contributed by atoms with Crippen molar-refractivity contribution in [3.8, 4) is 5.88 Å². The average molecular weight is 272 g/mol. The molecule has 1 aliphatic rings. The molecular weight excluding hydrogens is 256 g/mol. The van der Waals surface area contributed by atoms with Crippen LogP contribution >= 0.6 is 23.5 Å². The van der Waals surface area contributed by atoms with Gasteiger partial charge in [-0.25, -0.2) is 0 Å². The molecule has 1 atom stereocenters. The Morgan fingerprint density at radius 1 is 1.53 bits per heavy atom. The first kappa shape index (κ1) is 12.6. The maximum atomic E-state index is 5.59. The topological polar surface area (TPSA) is 73.1 Å². The van der Waals surface area contributed by atoms with Crippen LogP contribution in [0.4, 0.5) is 11.8 Å². The van der Waals surface area contributed by atoms with Crippen molar-refractivity contribution in [1.29, 1.82) is 0 Å². The minimum absolute atomic E-state index is 0.234. The fraction of sp³-hybridized carbons (Fsp3) is 0.600. The molecule has 0 saturated carbocycles. The molecule has 1 aromatic heterocycles. The molecule has 1 fully saturated rings. The van der Waals surface area contributed by atoms with Gasteiger partial charge in [0.25, 0.3) is 0 Å². The zero-order valence-corrected chi connectivity index (χ0v) is 11.3. The third-order valence-electron chi connectivity index (χ3n) is 2.32. The summed E-state index contributed by atoms with van der Waals surface area (Å²) in [4.78, 5) is 8.07. The van der Waals surface area contributed by atoms with Gasteiger partial charge in [0.2, 0.25) is 11.8 Å². The van der Waals surface area contributed by atoms with Crippen LogP contribution in [0.3, 0.4) is 0 Å². The summed E-state index contributed by atoms with van der Waals surface area (Å²) >= 11 is 4.01. The largest absolute Gasteiger partial charge is 0.481 e. The molecular formula is C10H16N4OS2. The highest BCUT2D eigenvalue weighted by molar-refractivity contribution is 8.06. The van der Waals surface area contributed by atoms with Crippen molar-refractivity contribution in [2.24, 2.45) is 0 Å². The highest BCUT2D eigenvalue weighted by atomic mass is 32.2. The van der Waals surface area contributed by atoms with E-state index < -0.39 is 0 Å². The van der Waals surface area contributed by atoms with Crippen LogP contribution < -0.4 is 15.8 Å². The van der Waals surface area contributed by atoms with Gasteiger partial charge in [0.15, 0.2) is 0 Å². The zero-order chi connectivity index (χ0) is 12.1. The number of nitrogen functional groups attached to an aromatic ring is 1. The van der Waals surface area contributed by atoms with E-state index in [2.05, 4.69) is 15.3 Å². The van der Waals surface area contributed by atoms with Crippen molar-refractivity contribution in [2.45, 2.75) is 5.25 Å². The molecule has 0 bridgehead atoms. The highest BCUT2D eigenvalue weighted by Gasteiger charge is 2.14. The summed E-state index contributed by atoms with van der Waals surface area (Å²) in [5, 5.41) is 3.92. The second-order valence-corrected chi connectivity index (χ2v) is 6.16. The van der Waals surface area contributed by atoms with Gasteiger partial charge in [-0.1, -0.05) is 0 Å². The van der Waals surface area contributed by atoms with Gasteiger partial charge >= 0.3 is 0 Å². The SMILES string of the molecule is COc1cc(NCC2CSCCS2)nc(N)n1. The van der Waals surface area contributed by atoms with Gasteiger partial charge in [-0.15, -0.1) is 0 Å². The summed E-state index contributed by atoms with van der Waals surface area (Å²) < 4.78 is 5.05.